The zero-order valence-electron chi connectivity index (χ0n) is 21.8. The van der Waals surface area contributed by atoms with Gasteiger partial charge in [-0.15, -0.1) is 0 Å². The number of aliphatic hydroxyl groups excluding tert-OH is 1. The van der Waals surface area contributed by atoms with Crippen LogP contribution >= 0.6 is 21.6 Å². The Bertz CT molecular complexity index is 927. The molecule has 215 valence electrons. The first-order chi connectivity index (χ1) is 19.0. The van der Waals surface area contributed by atoms with Gasteiger partial charge in [-0.3, -0.25) is 14.4 Å². The maximum absolute atomic E-state index is 12.1. The van der Waals surface area contributed by atoms with E-state index < -0.39 is 6.10 Å². The van der Waals surface area contributed by atoms with Gasteiger partial charge in [0.15, 0.2) is 0 Å². The van der Waals surface area contributed by atoms with Crippen molar-refractivity contribution in [3.8, 4) is 17.5 Å². The van der Waals surface area contributed by atoms with Gasteiger partial charge >= 0.3 is 0 Å². The third-order valence-corrected chi connectivity index (χ3v) is 7.11. The van der Waals surface area contributed by atoms with E-state index in [9.17, 15) is 14.7 Å². The number of benzene rings is 1. The summed E-state index contributed by atoms with van der Waals surface area (Å²) in [7, 11) is 4.68. The lowest BCUT2D eigenvalue weighted by atomic mass is 9.71. The van der Waals surface area contributed by atoms with Gasteiger partial charge < -0.3 is 40.4 Å². The molecule has 2 unspecified atom stereocenters. The highest BCUT2D eigenvalue weighted by atomic mass is 33.1. The van der Waals surface area contributed by atoms with E-state index in [4.69, 9.17) is 35.4 Å². The van der Waals surface area contributed by atoms with E-state index in [-0.39, 0.29) is 68.9 Å². The van der Waals surface area contributed by atoms with Gasteiger partial charge in [-0.05, 0) is 30.9 Å². The van der Waals surface area contributed by atoms with Gasteiger partial charge in [0.25, 0.3) is 13.2 Å². The topological polar surface area (TPSA) is 177 Å². The zero-order chi connectivity index (χ0) is 28.3. The Balaban J connectivity index is 1.59. The number of amides is 2. The molecule has 15 heteroatoms. The van der Waals surface area contributed by atoms with Crippen LogP contribution in [-0.4, -0.2) is 107 Å². The van der Waals surface area contributed by atoms with Crippen LogP contribution in [0.4, 0.5) is 0 Å². The molecule has 1 saturated heterocycles. The third-order valence-electron chi connectivity index (χ3n) is 5.21. The molecule has 1 aromatic carbocycles. The van der Waals surface area contributed by atoms with E-state index in [1.807, 2.05) is 6.26 Å². The molecule has 2 rings (SSSR count). The fourth-order valence-electron chi connectivity index (χ4n) is 3.35. The maximum Gasteiger partial charge on any atom is 0.251 e. The lowest BCUT2D eigenvalue weighted by Crippen LogP contribution is -2.30. The van der Waals surface area contributed by atoms with Gasteiger partial charge in [-0.1, -0.05) is 33.6 Å². The summed E-state index contributed by atoms with van der Waals surface area (Å²) in [6.07, 6.45) is 1.59. The third kappa shape index (κ3) is 13.3. The van der Waals surface area contributed by atoms with Crippen LogP contribution in [0.2, 0.25) is 0 Å². The maximum atomic E-state index is 12.1. The molecular weight excluding hydrogens is 547 g/mol. The van der Waals surface area contributed by atoms with Crippen LogP contribution in [0.3, 0.4) is 0 Å². The normalized spacial score (nSPS) is 19.0. The summed E-state index contributed by atoms with van der Waals surface area (Å²) >= 11 is 0. The van der Waals surface area contributed by atoms with Crippen LogP contribution in [-0.2, 0) is 23.8 Å². The molecule has 0 spiro atoms. The summed E-state index contributed by atoms with van der Waals surface area (Å²) in [5.74, 6) is 10.9. The Kier molecular flexibility index (Phi) is 17.0. The minimum absolute atomic E-state index is 0.121. The monoisotopic (exact) mass is 583 g/mol. The summed E-state index contributed by atoms with van der Waals surface area (Å²) in [5.41, 5.74) is 5.63. The molecular formula is C24H36BN4O8S2. The molecule has 2 amide bonds. The molecule has 39 heavy (non-hydrogen) atoms. The minimum atomic E-state index is -0.473. The zero-order valence-corrected chi connectivity index (χ0v) is 23.5. The van der Waals surface area contributed by atoms with E-state index in [0.29, 0.717) is 30.8 Å². The SMILES string of the molecule is CSSC(COc1cccc(C(=O)NCCN)c1)OCCOCC(=O)NCC#C[B][C@H]1C[C@@H](ON)C(CO)O1. The average molecular weight is 584 g/mol. The number of aliphatic hydroxyl groups is 1. The standard InChI is InChI=1S/C24H36BN4O8S2/c1-38-39-23(16-35-18-5-2-4-17(12-18)24(32)29-9-7-26)34-11-10-33-15-22(31)28-8-3-6-25-21-13-19(37-27)20(14-30)36-21/h2,4-5,12,19-21,23,30H,7-11,13-16,26-27H2,1H3,(H,28,31)(H,29,32)/t19-,20?,21-,23?/m1/s1. The van der Waals surface area contributed by atoms with Gasteiger partial charge in [0, 0.05) is 24.7 Å². The van der Waals surface area contributed by atoms with Gasteiger partial charge in [-0.2, -0.15) is 5.82 Å². The largest absolute Gasteiger partial charge is 0.490 e. The fraction of sp³-hybridized carbons (Fsp3) is 0.583. The first-order valence-corrected chi connectivity index (χ1v) is 14.9. The van der Waals surface area contributed by atoms with Crippen LogP contribution in [0.5, 0.6) is 5.75 Å². The molecule has 0 aromatic heterocycles. The number of nitrogens with two attached hydrogens (primary N) is 2. The predicted molar refractivity (Wildman–Crippen MR) is 151 cm³/mol. The molecule has 12 nitrogen and oxygen atoms in total. The Hall–Kier alpha value is -2.00. The molecule has 1 heterocycles. The highest BCUT2D eigenvalue weighted by Gasteiger charge is 2.35. The second kappa shape index (κ2) is 20.0. The lowest BCUT2D eigenvalue weighted by Gasteiger charge is -2.17. The highest BCUT2D eigenvalue weighted by Crippen LogP contribution is 2.26. The molecule has 7 N–H and O–H groups in total. The molecule has 1 aliphatic rings. The van der Waals surface area contributed by atoms with Crippen molar-refractivity contribution in [2.24, 2.45) is 11.6 Å². The van der Waals surface area contributed by atoms with Crippen molar-refractivity contribution >= 4 is 40.7 Å². The van der Waals surface area contributed by atoms with E-state index in [2.05, 4.69) is 22.4 Å². The first kappa shape index (κ1) is 33.2. The Morgan fingerprint density at radius 1 is 1.33 bits per heavy atom. The quantitative estimate of drug-likeness (QED) is 0.0366. The first-order valence-electron chi connectivity index (χ1n) is 12.3. The van der Waals surface area contributed by atoms with E-state index in [0.717, 1.165) is 0 Å². The molecule has 1 radical (unpaired) electrons. The minimum Gasteiger partial charge on any atom is -0.490 e. The number of hydrogen-bond donors (Lipinski definition) is 5. The van der Waals surface area contributed by atoms with Crippen molar-refractivity contribution in [2.75, 3.05) is 58.9 Å². The molecule has 1 aromatic rings. The molecule has 1 fully saturated rings. The average Bonchev–Trinajstić information content (AvgIpc) is 3.36. The lowest BCUT2D eigenvalue weighted by molar-refractivity contribution is -0.126. The van der Waals surface area contributed by atoms with Crippen molar-refractivity contribution in [3.05, 3.63) is 29.8 Å². The van der Waals surface area contributed by atoms with Gasteiger partial charge in [0.1, 0.15) is 36.6 Å². The summed E-state index contributed by atoms with van der Waals surface area (Å²) in [6.45, 7) is 1.38. The summed E-state index contributed by atoms with van der Waals surface area (Å²) in [6, 6.07) is 6.59. The molecule has 0 aliphatic carbocycles. The van der Waals surface area contributed by atoms with Crippen LogP contribution < -0.4 is 27.0 Å². The van der Waals surface area contributed by atoms with E-state index in [1.165, 1.54) is 21.6 Å². The van der Waals surface area contributed by atoms with Crippen LogP contribution in [0.25, 0.3) is 0 Å². The fourth-order valence-corrected chi connectivity index (χ4v) is 4.82. The van der Waals surface area contributed by atoms with Crippen molar-refractivity contribution in [1.82, 2.24) is 10.6 Å². The number of rotatable bonds is 18. The second-order valence-corrected chi connectivity index (χ2v) is 10.7. The van der Waals surface area contributed by atoms with Crippen molar-refractivity contribution < 1.29 is 38.5 Å². The Labute approximate surface area is 237 Å². The van der Waals surface area contributed by atoms with E-state index in [1.54, 1.807) is 31.5 Å². The van der Waals surface area contributed by atoms with Gasteiger partial charge in [0.2, 0.25) is 5.91 Å². The second-order valence-electron chi connectivity index (χ2n) is 8.07. The summed E-state index contributed by atoms with van der Waals surface area (Å²) < 4.78 is 22.5. The smallest absolute Gasteiger partial charge is 0.251 e. The highest BCUT2D eigenvalue weighted by molar-refractivity contribution is 8.76. The number of carbonyl (C=O) groups is 2. The van der Waals surface area contributed by atoms with Gasteiger partial charge in [-0.25, -0.2) is 5.90 Å². The van der Waals surface area contributed by atoms with Crippen LogP contribution in [0.1, 0.15) is 16.8 Å². The number of ether oxygens (including phenoxy) is 4. The number of carbonyl (C=O) groups excluding carboxylic acids is 2. The van der Waals surface area contributed by atoms with E-state index >= 15 is 0 Å². The van der Waals surface area contributed by atoms with Crippen molar-refractivity contribution in [1.29, 1.82) is 0 Å². The Morgan fingerprint density at radius 3 is 2.90 bits per heavy atom. The van der Waals surface area contributed by atoms with Crippen molar-refractivity contribution in [3.63, 3.8) is 0 Å². The summed E-state index contributed by atoms with van der Waals surface area (Å²) in [5, 5.41) is 14.6. The molecule has 4 atom stereocenters. The van der Waals surface area contributed by atoms with Crippen LogP contribution in [0, 0.1) is 11.7 Å². The van der Waals surface area contributed by atoms with Crippen LogP contribution in [0.15, 0.2) is 24.3 Å². The molecule has 0 saturated carbocycles. The molecule has 0 bridgehead atoms. The predicted octanol–water partition coefficient (Wildman–Crippen LogP) is -0.728. The van der Waals surface area contributed by atoms with Crippen molar-refractivity contribution in [2.45, 2.75) is 30.1 Å². The van der Waals surface area contributed by atoms with Gasteiger partial charge in [0.05, 0.1) is 26.4 Å². The number of hydrogen-bond acceptors (Lipinski definition) is 12. The Morgan fingerprint density at radius 2 is 2.18 bits per heavy atom. The molecule has 1 aliphatic heterocycles. The summed E-state index contributed by atoms with van der Waals surface area (Å²) in [4.78, 5) is 28.8. The number of nitrogens with one attached hydrogen (secondary N) is 2.